The van der Waals surface area contributed by atoms with E-state index >= 15 is 0 Å². The molecule has 72 valence electrons. The van der Waals surface area contributed by atoms with Crippen molar-refractivity contribution >= 4 is 0 Å². The van der Waals surface area contributed by atoms with Gasteiger partial charge in [-0.15, -0.1) is 0 Å². The molecular formula is C9H10N4O. The van der Waals surface area contributed by atoms with Crippen LogP contribution in [0.5, 0.6) is 0 Å². The summed E-state index contributed by atoms with van der Waals surface area (Å²) in [6.07, 6.45) is 1.69. The van der Waals surface area contributed by atoms with Gasteiger partial charge in [0, 0.05) is 6.20 Å². The molecule has 0 bridgehead atoms. The highest BCUT2D eigenvalue weighted by Crippen LogP contribution is 2.12. The number of hydrogen-bond donors (Lipinski definition) is 1. The third-order valence-corrected chi connectivity index (χ3v) is 1.69. The number of pyridine rings is 1. The standard InChI is InChI=1S/C9H10N4O/c1-10-6-8-12-9(14-13-8)7-4-2-3-5-11-7/h2-5,10H,6H2,1H3. The van der Waals surface area contributed by atoms with Crippen LogP contribution in [0.25, 0.3) is 11.6 Å². The van der Waals surface area contributed by atoms with Crippen LogP contribution in [0.3, 0.4) is 0 Å². The molecule has 0 aliphatic heterocycles. The monoisotopic (exact) mass is 190 g/mol. The topological polar surface area (TPSA) is 63.8 Å². The lowest BCUT2D eigenvalue weighted by Gasteiger charge is -1.89. The van der Waals surface area contributed by atoms with Crippen molar-refractivity contribution in [3.05, 3.63) is 30.2 Å². The van der Waals surface area contributed by atoms with Gasteiger partial charge in [-0.1, -0.05) is 11.2 Å². The van der Waals surface area contributed by atoms with E-state index in [1.54, 1.807) is 6.20 Å². The summed E-state index contributed by atoms with van der Waals surface area (Å²) >= 11 is 0. The molecule has 2 aromatic heterocycles. The van der Waals surface area contributed by atoms with Crippen molar-refractivity contribution in [2.24, 2.45) is 0 Å². The average Bonchev–Trinajstić information content (AvgIpc) is 2.68. The lowest BCUT2D eigenvalue weighted by atomic mass is 10.3. The van der Waals surface area contributed by atoms with Crippen molar-refractivity contribution in [2.75, 3.05) is 7.05 Å². The summed E-state index contributed by atoms with van der Waals surface area (Å²) in [4.78, 5) is 8.27. The minimum absolute atomic E-state index is 0.454. The Bertz CT molecular complexity index is 398. The van der Waals surface area contributed by atoms with Gasteiger partial charge in [0.1, 0.15) is 5.69 Å². The highest BCUT2D eigenvalue weighted by atomic mass is 16.5. The SMILES string of the molecule is CNCc1noc(-c2ccccn2)n1. The van der Waals surface area contributed by atoms with Gasteiger partial charge in [0.25, 0.3) is 5.89 Å². The third-order valence-electron chi connectivity index (χ3n) is 1.69. The Balaban J connectivity index is 2.25. The summed E-state index contributed by atoms with van der Waals surface area (Å²) in [5.41, 5.74) is 0.697. The van der Waals surface area contributed by atoms with Crippen molar-refractivity contribution in [1.29, 1.82) is 0 Å². The maximum Gasteiger partial charge on any atom is 0.276 e. The van der Waals surface area contributed by atoms with Crippen LogP contribution in [0.1, 0.15) is 5.82 Å². The van der Waals surface area contributed by atoms with Crippen LogP contribution in [0.2, 0.25) is 0 Å². The quantitative estimate of drug-likeness (QED) is 0.777. The van der Waals surface area contributed by atoms with Gasteiger partial charge in [0.15, 0.2) is 5.82 Å². The molecule has 0 aliphatic carbocycles. The van der Waals surface area contributed by atoms with Crippen molar-refractivity contribution in [3.8, 4) is 11.6 Å². The second kappa shape index (κ2) is 3.97. The minimum Gasteiger partial charge on any atom is -0.332 e. The maximum atomic E-state index is 5.04. The summed E-state index contributed by atoms with van der Waals surface area (Å²) in [6.45, 7) is 0.594. The smallest absolute Gasteiger partial charge is 0.276 e. The maximum absolute atomic E-state index is 5.04. The summed E-state index contributed by atoms with van der Waals surface area (Å²) in [5.74, 6) is 1.09. The van der Waals surface area contributed by atoms with E-state index in [9.17, 15) is 0 Å². The summed E-state index contributed by atoms with van der Waals surface area (Å²) in [6, 6.07) is 5.55. The molecule has 0 aromatic carbocycles. The number of nitrogens with one attached hydrogen (secondary N) is 1. The average molecular weight is 190 g/mol. The number of aromatic nitrogens is 3. The molecule has 14 heavy (non-hydrogen) atoms. The van der Waals surface area contributed by atoms with Gasteiger partial charge in [-0.2, -0.15) is 4.98 Å². The fourth-order valence-corrected chi connectivity index (χ4v) is 1.08. The Morgan fingerprint density at radius 3 is 3.07 bits per heavy atom. The van der Waals surface area contributed by atoms with Crippen LogP contribution in [0.15, 0.2) is 28.9 Å². The molecule has 2 rings (SSSR count). The van der Waals surface area contributed by atoms with Gasteiger partial charge in [0.2, 0.25) is 0 Å². The first-order valence-corrected chi connectivity index (χ1v) is 4.29. The van der Waals surface area contributed by atoms with E-state index < -0.39 is 0 Å². The predicted molar refractivity (Wildman–Crippen MR) is 50.3 cm³/mol. The molecular weight excluding hydrogens is 180 g/mol. The van der Waals surface area contributed by atoms with Crippen LogP contribution in [-0.4, -0.2) is 22.2 Å². The first-order valence-electron chi connectivity index (χ1n) is 4.29. The van der Waals surface area contributed by atoms with Crippen LogP contribution in [0, 0.1) is 0 Å². The number of rotatable bonds is 3. The summed E-state index contributed by atoms with van der Waals surface area (Å²) in [5, 5.41) is 6.74. The lowest BCUT2D eigenvalue weighted by molar-refractivity contribution is 0.419. The molecule has 1 N–H and O–H groups in total. The molecule has 0 amide bonds. The number of hydrogen-bond acceptors (Lipinski definition) is 5. The largest absolute Gasteiger partial charge is 0.332 e. The van der Waals surface area contributed by atoms with Gasteiger partial charge in [0.05, 0.1) is 6.54 Å². The molecule has 0 atom stereocenters. The lowest BCUT2D eigenvalue weighted by Crippen LogP contribution is -2.06. The van der Waals surface area contributed by atoms with Gasteiger partial charge >= 0.3 is 0 Å². The van der Waals surface area contributed by atoms with Gasteiger partial charge in [-0.25, -0.2) is 0 Å². The van der Waals surface area contributed by atoms with Gasteiger partial charge in [-0.05, 0) is 19.2 Å². The van der Waals surface area contributed by atoms with Gasteiger partial charge < -0.3 is 9.84 Å². The van der Waals surface area contributed by atoms with E-state index in [0.717, 1.165) is 0 Å². The van der Waals surface area contributed by atoms with Crippen LogP contribution < -0.4 is 5.32 Å². The van der Waals surface area contributed by atoms with Crippen LogP contribution in [-0.2, 0) is 6.54 Å². The van der Waals surface area contributed by atoms with Crippen LogP contribution >= 0.6 is 0 Å². The molecule has 2 aromatic rings. The molecule has 0 fully saturated rings. The van der Waals surface area contributed by atoms with Crippen molar-refractivity contribution in [2.45, 2.75) is 6.54 Å². The molecule has 0 radical (unpaired) electrons. The fraction of sp³-hybridized carbons (Fsp3) is 0.222. The minimum atomic E-state index is 0.454. The molecule has 0 saturated carbocycles. The fourth-order valence-electron chi connectivity index (χ4n) is 1.08. The Labute approximate surface area is 81.2 Å². The van der Waals surface area contributed by atoms with E-state index in [4.69, 9.17) is 4.52 Å². The van der Waals surface area contributed by atoms with Gasteiger partial charge in [-0.3, -0.25) is 4.98 Å². The second-order valence-electron chi connectivity index (χ2n) is 2.76. The first-order chi connectivity index (χ1) is 6.90. The third kappa shape index (κ3) is 1.77. The van der Waals surface area contributed by atoms with Crippen molar-refractivity contribution in [3.63, 3.8) is 0 Å². The zero-order valence-corrected chi connectivity index (χ0v) is 7.77. The van der Waals surface area contributed by atoms with Crippen molar-refractivity contribution in [1.82, 2.24) is 20.4 Å². The zero-order chi connectivity index (χ0) is 9.80. The Morgan fingerprint density at radius 2 is 2.36 bits per heavy atom. The first kappa shape index (κ1) is 8.83. The van der Waals surface area contributed by atoms with E-state index in [-0.39, 0.29) is 0 Å². The Kier molecular flexibility index (Phi) is 2.51. The molecule has 0 unspecified atom stereocenters. The molecule has 5 heteroatoms. The second-order valence-corrected chi connectivity index (χ2v) is 2.76. The van der Waals surface area contributed by atoms with E-state index in [0.29, 0.717) is 24.0 Å². The molecule has 0 spiro atoms. The zero-order valence-electron chi connectivity index (χ0n) is 7.77. The summed E-state index contributed by atoms with van der Waals surface area (Å²) < 4.78 is 5.04. The summed E-state index contributed by atoms with van der Waals surface area (Å²) in [7, 11) is 1.83. The van der Waals surface area contributed by atoms with E-state index in [1.165, 1.54) is 0 Å². The van der Waals surface area contributed by atoms with E-state index in [2.05, 4.69) is 20.4 Å². The normalized spacial score (nSPS) is 10.4. The van der Waals surface area contributed by atoms with Crippen LogP contribution in [0.4, 0.5) is 0 Å². The highest BCUT2D eigenvalue weighted by Gasteiger charge is 2.07. The predicted octanol–water partition coefficient (Wildman–Crippen LogP) is 0.851. The molecule has 2 heterocycles. The highest BCUT2D eigenvalue weighted by molar-refractivity contribution is 5.45. The molecule has 0 saturated heterocycles. The molecule has 5 nitrogen and oxygen atoms in total. The Morgan fingerprint density at radius 1 is 1.43 bits per heavy atom. The number of nitrogens with zero attached hydrogens (tertiary/aromatic N) is 3. The Hall–Kier alpha value is -1.75. The molecule has 0 aliphatic rings. The van der Waals surface area contributed by atoms with E-state index in [1.807, 2.05) is 25.2 Å². The van der Waals surface area contributed by atoms with Crippen molar-refractivity contribution < 1.29 is 4.52 Å².